The molecule has 0 bridgehead atoms. The molecule has 0 aliphatic carbocycles. The van der Waals surface area contributed by atoms with Crippen molar-refractivity contribution < 1.29 is 8.91 Å². The standard InChI is InChI=1S/C9H14FN3O/c1-6(2)9-11-8(14-12-9)5-13-3-7(10)4-13/h6-7H,3-5H2,1-2H3. The molecule has 1 aromatic rings. The van der Waals surface area contributed by atoms with Gasteiger partial charge < -0.3 is 4.52 Å². The predicted molar refractivity (Wildman–Crippen MR) is 48.6 cm³/mol. The lowest BCUT2D eigenvalue weighted by Gasteiger charge is -2.32. The van der Waals surface area contributed by atoms with E-state index in [4.69, 9.17) is 4.52 Å². The molecule has 0 saturated carbocycles. The van der Waals surface area contributed by atoms with Crippen LogP contribution in [0.2, 0.25) is 0 Å². The highest BCUT2D eigenvalue weighted by molar-refractivity contribution is 4.93. The van der Waals surface area contributed by atoms with E-state index >= 15 is 0 Å². The molecule has 2 heterocycles. The molecule has 0 atom stereocenters. The number of hydrogen-bond acceptors (Lipinski definition) is 4. The van der Waals surface area contributed by atoms with Crippen molar-refractivity contribution in [2.24, 2.45) is 0 Å². The van der Waals surface area contributed by atoms with Crippen molar-refractivity contribution in [2.45, 2.75) is 32.5 Å². The number of aromatic nitrogens is 2. The van der Waals surface area contributed by atoms with Gasteiger partial charge >= 0.3 is 0 Å². The highest BCUT2D eigenvalue weighted by atomic mass is 19.1. The van der Waals surface area contributed by atoms with Crippen LogP contribution in [-0.4, -0.2) is 34.3 Å². The maximum absolute atomic E-state index is 12.5. The first-order chi connectivity index (χ1) is 6.65. The van der Waals surface area contributed by atoms with Gasteiger partial charge in [-0.25, -0.2) is 4.39 Å². The van der Waals surface area contributed by atoms with E-state index in [-0.39, 0.29) is 5.92 Å². The van der Waals surface area contributed by atoms with E-state index in [9.17, 15) is 4.39 Å². The molecule has 1 saturated heterocycles. The lowest BCUT2D eigenvalue weighted by atomic mass is 10.2. The minimum atomic E-state index is -0.678. The Hall–Kier alpha value is -0.970. The van der Waals surface area contributed by atoms with Gasteiger partial charge in [-0.3, -0.25) is 4.90 Å². The molecule has 5 heteroatoms. The summed E-state index contributed by atoms with van der Waals surface area (Å²) in [6, 6.07) is 0. The number of hydrogen-bond donors (Lipinski definition) is 0. The number of rotatable bonds is 3. The second-order valence-corrected chi connectivity index (χ2v) is 3.99. The van der Waals surface area contributed by atoms with Gasteiger partial charge in [0.05, 0.1) is 6.54 Å². The molecule has 1 aliphatic heterocycles. The van der Waals surface area contributed by atoms with Crippen molar-refractivity contribution in [1.29, 1.82) is 0 Å². The van der Waals surface area contributed by atoms with E-state index in [2.05, 4.69) is 10.1 Å². The molecule has 1 aromatic heterocycles. The van der Waals surface area contributed by atoms with Crippen LogP contribution in [0, 0.1) is 0 Å². The molecular weight excluding hydrogens is 185 g/mol. The fraction of sp³-hybridized carbons (Fsp3) is 0.778. The number of halogens is 1. The van der Waals surface area contributed by atoms with Crippen LogP contribution >= 0.6 is 0 Å². The average molecular weight is 199 g/mol. The molecule has 0 N–H and O–H groups in total. The summed E-state index contributed by atoms with van der Waals surface area (Å²) in [6.07, 6.45) is -0.678. The monoisotopic (exact) mass is 199 g/mol. The van der Waals surface area contributed by atoms with Gasteiger partial charge in [-0.1, -0.05) is 19.0 Å². The Morgan fingerprint density at radius 3 is 2.79 bits per heavy atom. The third kappa shape index (κ3) is 1.92. The zero-order valence-electron chi connectivity index (χ0n) is 8.40. The fourth-order valence-electron chi connectivity index (χ4n) is 1.39. The summed E-state index contributed by atoms with van der Waals surface area (Å²) < 4.78 is 17.5. The second-order valence-electron chi connectivity index (χ2n) is 3.99. The van der Waals surface area contributed by atoms with Crippen molar-refractivity contribution in [2.75, 3.05) is 13.1 Å². The predicted octanol–water partition coefficient (Wildman–Crippen LogP) is 1.35. The van der Waals surface area contributed by atoms with Crippen LogP contribution in [0.25, 0.3) is 0 Å². The first kappa shape index (κ1) is 9.58. The quantitative estimate of drug-likeness (QED) is 0.736. The summed E-state index contributed by atoms with van der Waals surface area (Å²) in [7, 11) is 0. The van der Waals surface area contributed by atoms with Crippen molar-refractivity contribution in [3.63, 3.8) is 0 Å². The average Bonchev–Trinajstić information content (AvgIpc) is 2.50. The maximum atomic E-state index is 12.5. The third-order valence-electron chi connectivity index (χ3n) is 2.27. The maximum Gasteiger partial charge on any atom is 0.240 e. The highest BCUT2D eigenvalue weighted by Crippen LogP contribution is 2.16. The molecule has 4 nitrogen and oxygen atoms in total. The van der Waals surface area contributed by atoms with Crippen molar-refractivity contribution in [1.82, 2.24) is 15.0 Å². The van der Waals surface area contributed by atoms with Crippen LogP contribution in [-0.2, 0) is 6.54 Å². The minimum absolute atomic E-state index is 0.276. The van der Waals surface area contributed by atoms with Gasteiger partial charge in [0, 0.05) is 19.0 Å². The Morgan fingerprint density at radius 1 is 1.57 bits per heavy atom. The first-order valence-corrected chi connectivity index (χ1v) is 4.84. The van der Waals surface area contributed by atoms with Crippen LogP contribution < -0.4 is 0 Å². The Balaban J connectivity index is 1.90. The molecule has 14 heavy (non-hydrogen) atoms. The molecule has 0 aromatic carbocycles. The van der Waals surface area contributed by atoms with E-state index in [0.717, 1.165) is 5.82 Å². The van der Waals surface area contributed by atoms with Gasteiger partial charge in [-0.15, -0.1) is 0 Å². The summed E-state index contributed by atoms with van der Waals surface area (Å²) in [5.74, 6) is 1.58. The van der Waals surface area contributed by atoms with Gasteiger partial charge in [-0.05, 0) is 0 Å². The lowest BCUT2D eigenvalue weighted by molar-refractivity contribution is 0.0502. The summed E-state index contributed by atoms with van der Waals surface area (Å²) >= 11 is 0. The number of nitrogens with zero attached hydrogens (tertiary/aromatic N) is 3. The summed E-state index contributed by atoms with van der Waals surface area (Å²) in [5.41, 5.74) is 0. The molecule has 1 fully saturated rings. The lowest BCUT2D eigenvalue weighted by Crippen LogP contribution is -2.47. The van der Waals surface area contributed by atoms with Crippen LogP contribution in [0.1, 0.15) is 31.5 Å². The SMILES string of the molecule is CC(C)c1noc(CN2CC(F)C2)n1. The van der Waals surface area contributed by atoms with Crippen LogP contribution in [0.4, 0.5) is 4.39 Å². The summed E-state index contributed by atoms with van der Waals surface area (Å²) in [4.78, 5) is 6.16. The second kappa shape index (κ2) is 3.65. The molecule has 0 spiro atoms. The Bertz CT molecular complexity index is 307. The summed E-state index contributed by atoms with van der Waals surface area (Å²) in [5, 5.41) is 3.84. The zero-order valence-corrected chi connectivity index (χ0v) is 8.40. The smallest absolute Gasteiger partial charge is 0.240 e. The van der Waals surface area contributed by atoms with E-state index in [0.29, 0.717) is 25.5 Å². The van der Waals surface area contributed by atoms with Crippen molar-refractivity contribution >= 4 is 0 Å². The van der Waals surface area contributed by atoms with Crippen LogP contribution in [0.5, 0.6) is 0 Å². The fourth-order valence-corrected chi connectivity index (χ4v) is 1.39. The summed E-state index contributed by atoms with van der Waals surface area (Å²) in [6.45, 7) is 5.56. The van der Waals surface area contributed by atoms with E-state index in [1.165, 1.54) is 0 Å². The zero-order chi connectivity index (χ0) is 10.1. The van der Waals surface area contributed by atoms with Gasteiger partial charge in [0.2, 0.25) is 5.89 Å². The number of likely N-dealkylation sites (tertiary alicyclic amines) is 1. The highest BCUT2D eigenvalue weighted by Gasteiger charge is 2.27. The molecule has 78 valence electrons. The van der Waals surface area contributed by atoms with Gasteiger partial charge in [0.15, 0.2) is 5.82 Å². The largest absolute Gasteiger partial charge is 0.338 e. The van der Waals surface area contributed by atoms with Crippen LogP contribution in [0.15, 0.2) is 4.52 Å². The molecule has 1 aliphatic rings. The van der Waals surface area contributed by atoms with Gasteiger partial charge in [0.1, 0.15) is 6.17 Å². The molecule has 2 rings (SSSR count). The Labute approximate surface area is 82.1 Å². The minimum Gasteiger partial charge on any atom is -0.338 e. The van der Waals surface area contributed by atoms with E-state index in [1.807, 2.05) is 18.7 Å². The van der Waals surface area contributed by atoms with E-state index < -0.39 is 6.17 Å². The molecule has 0 radical (unpaired) electrons. The van der Waals surface area contributed by atoms with E-state index in [1.54, 1.807) is 0 Å². The Morgan fingerprint density at radius 2 is 2.29 bits per heavy atom. The van der Waals surface area contributed by atoms with Crippen molar-refractivity contribution in [3.05, 3.63) is 11.7 Å². The Kier molecular flexibility index (Phi) is 2.50. The topological polar surface area (TPSA) is 42.2 Å². The normalized spacial score (nSPS) is 18.9. The third-order valence-corrected chi connectivity index (χ3v) is 2.27. The number of alkyl halides is 1. The first-order valence-electron chi connectivity index (χ1n) is 4.84. The molecule has 0 unspecified atom stereocenters. The molecule has 0 amide bonds. The van der Waals surface area contributed by atoms with Crippen molar-refractivity contribution in [3.8, 4) is 0 Å². The van der Waals surface area contributed by atoms with Crippen LogP contribution in [0.3, 0.4) is 0 Å². The van der Waals surface area contributed by atoms with Gasteiger partial charge in [-0.2, -0.15) is 4.98 Å². The molecular formula is C9H14FN3O. The van der Waals surface area contributed by atoms with Gasteiger partial charge in [0.25, 0.3) is 0 Å².